The first-order chi connectivity index (χ1) is 5.68. The summed E-state index contributed by atoms with van der Waals surface area (Å²) >= 11 is 0. The van der Waals surface area contributed by atoms with Crippen LogP contribution in [0.25, 0.3) is 5.65 Å². The summed E-state index contributed by atoms with van der Waals surface area (Å²) in [6.45, 7) is 4.17. The molecule has 0 aliphatic heterocycles. The lowest BCUT2D eigenvalue weighted by molar-refractivity contribution is -0.670. The Morgan fingerprint density at radius 2 is 2.17 bits per heavy atom. The molecule has 0 aromatic carbocycles. The molecule has 0 atom stereocenters. The third-order valence-electron chi connectivity index (χ3n) is 1.80. The molecular weight excluding hydrogens is 154 g/mol. The zero-order valence-electron chi connectivity index (χ0n) is 7.47. The molecular formula is C7H12N5+. The number of hydrogen-bond acceptors (Lipinski definition) is 2. The van der Waals surface area contributed by atoms with Crippen molar-refractivity contribution in [1.29, 1.82) is 0 Å². The molecule has 12 heavy (non-hydrogen) atoms. The van der Waals surface area contributed by atoms with E-state index in [4.69, 9.17) is 0 Å². The minimum absolute atomic E-state index is 0.352. The third-order valence-corrected chi connectivity index (χ3v) is 1.80. The molecule has 0 unspecified atom stereocenters. The Morgan fingerprint density at radius 3 is 2.83 bits per heavy atom. The lowest BCUT2D eigenvalue weighted by Gasteiger charge is -1.99. The Hall–Kier alpha value is -1.39. The van der Waals surface area contributed by atoms with E-state index < -0.39 is 0 Å². The van der Waals surface area contributed by atoms with Gasteiger partial charge < -0.3 is 0 Å². The maximum absolute atomic E-state index is 4.01. The molecule has 0 spiro atoms. The van der Waals surface area contributed by atoms with Crippen LogP contribution in [-0.2, 0) is 7.05 Å². The molecule has 0 radical (unpaired) electrons. The maximum atomic E-state index is 4.01. The standard InChI is InChI=1S/C7H12N5/c1-6(2)12-7-4-10(3)5-11(7)8-9-12/h4-6H,1-3H3/q+1. The molecule has 0 saturated heterocycles. The Morgan fingerprint density at radius 1 is 1.42 bits per heavy atom. The highest BCUT2D eigenvalue weighted by molar-refractivity contribution is 5.30. The summed E-state index contributed by atoms with van der Waals surface area (Å²) in [6, 6.07) is 0.352. The Kier molecular flexibility index (Phi) is 1.39. The lowest BCUT2D eigenvalue weighted by atomic mass is 10.4. The van der Waals surface area contributed by atoms with Crippen molar-refractivity contribution >= 4 is 5.65 Å². The van der Waals surface area contributed by atoms with Gasteiger partial charge in [-0.15, -0.1) is 0 Å². The minimum Gasteiger partial charge on any atom is -0.235 e. The summed E-state index contributed by atoms with van der Waals surface area (Å²) in [5.74, 6) is 0. The molecule has 2 aromatic rings. The van der Waals surface area contributed by atoms with Crippen LogP contribution in [0.5, 0.6) is 0 Å². The quantitative estimate of drug-likeness (QED) is 0.556. The molecule has 2 heterocycles. The Labute approximate surface area is 70.2 Å². The molecule has 64 valence electrons. The molecule has 0 bridgehead atoms. The van der Waals surface area contributed by atoms with E-state index >= 15 is 0 Å². The SMILES string of the molecule is CC(C)n1nnn2c[n+](C)cc12. The zero-order valence-corrected chi connectivity index (χ0v) is 7.47. The molecule has 5 nitrogen and oxygen atoms in total. The van der Waals surface area contributed by atoms with Gasteiger partial charge in [0.05, 0.1) is 18.3 Å². The van der Waals surface area contributed by atoms with Crippen molar-refractivity contribution in [3.8, 4) is 0 Å². The first-order valence-electron chi connectivity index (χ1n) is 3.97. The highest BCUT2D eigenvalue weighted by Crippen LogP contribution is 2.05. The maximum Gasteiger partial charge on any atom is 0.287 e. The van der Waals surface area contributed by atoms with Crippen molar-refractivity contribution < 1.29 is 4.57 Å². The normalized spacial score (nSPS) is 11.7. The van der Waals surface area contributed by atoms with Crippen molar-refractivity contribution in [2.45, 2.75) is 19.9 Å². The molecule has 0 N–H and O–H groups in total. The monoisotopic (exact) mass is 166 g/mol. The molecule has 0 saturated carbocycles. The fraction of sp³-hybridized carbons (Fsp3) is 0.571. The minimum atomic E-state index is 0.352. The number of nitrogens with zero attached hydrogens (tertiary/aromatic N) is 5. The molecule has 0 fully saturated rings. The molecule has 0 aliphatic carbocycles. The number of imidazole rings is 1. The van der Waals surface area contributed by atoms with E-state index in [1.807, 2.05) is 28.8 Å². The second kappa shape index (κ2) is 2.30. The predicted molar refractivity (Wildman–Crippen MR) is 42.5 cm³/mol. The van der Waals surface area contributed by atoms with Crippen molar-refractivity contribution in [1.82, 2.24) is 19.6 Å². The molecule has 5 heteroatoms. The van der Waals surface area contributed by atoms with Gasteiger partial charge in [0, 0.05) is 0 Å². The fourth-order valence-electron chi connectivity index (χ4n) is 1.24. The topological polar surface area (TPSA) is 39.0 Å². The van der Waals surface area contributed by atoms with Crippen molar-refractivity contribution in [3.63, 3.8) is 0 Å². The van der Waals surface area contributed by atoms with Crippen LogP contribution in [0.4, 0.5) is 0 Å². The number of fused-ring (bicyclic) bond motifs is 1. The van der Waals surface area contributed by atoms with E-state index in [-0.39, 0.29) is 0 Å². The number of tetrazole rings is 1. The summed E-state index contributed by atoms with van der Waals surface area (Å²) < 4.78 is 5.61. The first kappa shape index (κ1) is 7.27. The van der Waals surface area contributed by atoms with Gasteiger partial charge in [0.2, 0.25) is 0 Å². The summed E-state index contributed by atoms with van der Waals surface area (Å²) in [4.78, 5) is 0. The van der Waals surface area contributed by atoms with Gasteiger partial charge in [-0.2, -0.15) is 0 Å². The number of aryl methyl sites for hydroxylation is 1. The van der Waals surface area contributed by atoms with Gasteiger partial charge in [0.15, 0.2) is 6.20 Å². The Bertz CT molecular complexity index is 397. The van der Waals surface area contributed by atoms with Gasteiger partial charge in [0.1, 0.15) is 0 Å². The third kappa shape index (κ3) is 0.895. The summed E-state index contributed by atoms with van der Waals surface area (Å²) in [7, 11) is 1.97. The number of rotatable bonds is 1. The van der Waals surface area contributed by atoms with Crippen LogP contribution < -0.4 is 4.57 Å². The summed E-state index contributed by atoms with van der Waals surface area (Å²) in [5.41, 5.74) is 1.02. The zero-order chi connectivity index (χ0) is 8.72. The molecule has 0 aliphatic rings. The number of aromatic nitrogens is 5. The van der Waals surface area contributed by atoms with Crippen LogP contribution in [0.15, 0.2) is 12.5 Å². The van der Waals surface area contributed by atoms with Crippen LogP contribution >= 0.6 is 0 Å². The van der Waals surface area contributed by atoms with Crippen LogP contribution in [-0.4, -0.2) is 19.6 Å². The van der Waals surface area contributed by atoms with E-state index in [1.54, 1.807) is 4.52 Å². The van der Waals surface area contributed by atoms with Gasteiger partial charge in [-0.25, -0.2) is 9.25 Å². The second-order valence-electron chi connectivity index (χ2n) is 3.23. The molecule has 2 rings (SSSR count). The predicted octanol–water partition coefficient (Wildman–Crippen LogP) is -0.0638. The molecule has 0 amide bonds. The van der Waals surface area contributed by atoms with Gasteiger partial charge >= 0.3 is 0 Å². The van der Waals surface area contributed by atoms with E-state index in [2.05, 4.69) is 24.3 Å². The molecule has 2 aromatic heterocycles. The van der Waals surface area contributed by atoms with Gasteiger partial charge in [-0.3, -0.25) is 0 Å². The Balaban J connectivity index is 2.68. The second-order valence-corrected chi connectivity index (χ2v) is 3.23. The van der Waals surface area contributed by atoms with E-state index in [9.17, 15) is 0 Å². The summed E-state index contributed by atoms with van der Waals surface area (Å²) in [5, 5.41) is 7.98. The smallest absolute Gasteiger partial charge is 0.235 e. The van der Waals surface area contributed by atoms with Crippen molar-refractivity contribution in [2.24, 2.45) is 7.05 Å². The highest BCUT2D eigenvalue weighted by Gasteiger charge is 2.13. The van der Waals surface area contributed by atoms with Crippen molar-refractivity contribution in [3.05, 3.63) is 12.5 Å². The average Bonchev–Trinajstić information content (AvgIpc) is 2.43. The highest BCUT2D eigenvalue weighted by atomic mass is 15.6. The van der Waals surface area contributed by atoms with Gasteiger partial charge in [-0.05, 0) is 19.1 Å². The van der Waals surface area contributed by atoms with E-state index in [1.165, 1.54) is 0 Å². The van der Waals surface area contributed by atoms with Crippen molar-refractivity contribution in [2.75, 3.05) is 0 Å². The van der Waals surface area contributed by atoms with E-state index in [0.29, 0.717) is 6.04 Å². The first-order valence-corrected chi connectivity index (χ1v) is 3.97. The summed E-state index contributed by atoms with van der Waals surface area (Å²) in [6.07, 6.45) is 3.89. The lowest BCUT2D eigenvalue weighted by Crippen LogP contribution is -2.23. The van der Waals surface area contributed by atoms with Crippen LogP contribution in [0.1, 0.15) is 19.9 Å². The van der Waals surface area contributed by atoms with E-state index in [0.717, 1.165) is 5.65 Å². The average molecular weight is 166 g/mol. The van der Waals surface area contributed by atoms with Gasteiger partial charge in [-0.1, -0.05) is 4.52 Å². The fourth-order valence-corrected chi connectivity index (χ4v) is 1.24. The van der Waals surface area contributed by atoms with Gasteiger partial charge in [0.25, 0.3) is 12.0 Å². The van der Waals surface area contributed by atoms with Crippen LogP contribution in [0.2, 0.25) is 0 Å². The van der Waals surface area contributed by atoms with Crippen LogP contribution in [0.3, 0.4) is 0 Å². The number of hydrogen-bond donors (Lipinski definition) is 0. The van der Waals surface area contributed by atoms with Crippen LogP contribution in [0, 0.1) is 0 Å². The largest absolute Gasteiger partial charge is 0.287 e.